The molecule has 11 nitrogen and oxygen atoms in total. The van der Waals surface area contributed by atoms with E-state index in [0.717, 1.165) is 36.1 Å². The number of aliphatic hydroxyl groups is 1. The Kier molecular flexibility index (Phi) is 11.2. The number of pyridine rings is 1. The molecule has 4 rings (SSSR count). The molecule has 2 aromatic carbocycles. The van der Waals surface area contributed by atoms with Crippen molar-refractivity contribution in [1.82, 2.24) is 19.4 Å². The highest BCUT2D eigenvalue weighted by Crippen LogP contribution is 2.18. The molecule has 0 aliphatic heterocycles. The van der Waals surface area contributed by atoms with E-state index in [0.29, 0.717) is 18.7 Å². The minimum Gasteiger partial charge on any atom is -0.481 e. The summed E-state index contributed by atoms with van der Waals surface area (Å²) in [5.74, 6) is -5.49. The van der Waals surface area contributed by atoms with E-state index >= 15 is 0 Å². The fourth-order valence-electron chi connectivity index (χ4n) is 4.15. The van der Waals surface area contributed by atoms with Crippen LogP contribution in [-0.4, -0.2) is 69.9 Å². The summed E-state index contributed by atoms with van der Waals surface area (Å²) in [6, 6.07) is 15.2. The van der Waals surface area contributed by atoms with Crippen LogP contribution in [0.3, 0.4) is 0 Å². The minimum absolute atomic E-state index is 0.200. The van der Waals surface area contributed by atoms with E-state index in [2.05, 4.69) is 14.9 Å². The number of aliphatic carboxylic acids is 3. The fraction of sp³-hybridized carbons (Fsp3) is 0.276. The maximum Gasteiger partial charge on any atom is 0.336 e. The van der Waals surface area contributed by atoms with E-state index in [4.69, 9.17) is 20.4 Å². The number of aromatic nitrogens is 3. The monoisotopic (exact) mass is 584 g/mol. The standard InChI is InChI=1S/C23H22F2N4.C6H8O7/c24-20-7-9-23-18(14-20)6-8-21(27-23)16-29(12-3-11-28-13-10-26-17-28)15-19-4-1-2-5-22(19)25;7-3(8)1-6(13,5(11)12)2-4(9)10/h1-2,4-10,13-14,17H,3,11-12,15-16H2;13H,1-2H2,(H,7,8)(H,9,10)(H,11,12). The molecule has 0 spiro atoms. The number of fused-ring (bicyclic) bond motifs is 1. The molecule has 0 bridgehead atoms. The average Bonchev–Trinajstić information content (AvgIpc) is 3.43. The van der Waals surface area contributed by atoms with Crippen molar-refractivity contribution in [2.45, 2.75) is 44.5 Å². The Morgan fingerprint density at radius 1 is 0.929 bits per heavy atom. The van der Waals surface area contributed by atoms with Crippen LogP contribution >= 0.6 is 0 Å². The smallest absolute Gasteiger partial charge is 0.336 e. The lowest BCUT2D eigenvalue weighted by molar-refractivity contribution is -0.170. The van der Waals surface area contributed by atoms with Gasteiger partial charge in [-0.2, -0.15) is 0 Å². The van der Waals surface area contributed by atoms with Crippen molar-refractivity contribution < 1.29 is 43.6 Å². The molecule has 0 aliphatic rings. The summed E-state index contributed by atoms with van der Waals surface area (Å²) in [5.41, 5.74) is -0.438. The molecule has 0 saturated carbocycles. The second-order valence-electron chi connectivity index (χ2n) is 9.57. The van der Waals surface area contributed by atoms with Gasteiger partial charge in [0.2, 0.25) is 0 Å². The van der Waals surface area contributed by atoms with Crippen molar-refractivity contribution in [3.05, 3.63) is 96.2 Å². The van der Waals surface area contributed by atoms with Gasteiger partial charge in [0.15, 0.2) is 5.60 Å². The van der Waals surface area contributed by atoms with Gasteiger partial charge in [0, 0.05) is 49.5 Å². The molecular weight excluding hydrogens is 554 g/mol. The predicted octanol–water partition coefficient (Wildman–Crippen LogP) is 3.55. The molecule has 0 saturated heterocycles. The Morgan fingerprint density at radius 2 is 1.64 bits per heavy atom. The molecule has 0 radical (unpaired) electrons. The van der Waals surface area contributed by atoms with Crippen LogP contribution in [0.1, 0.15) is 30.5 Å². The largest absolute Gasteiger partial charge is 0.481 e. The summed E-state index contributed by atoms with van der Waals surface area (Å²) < 4.78 is 29.6. The lowest BCUT2D eigenvalue weighted by Crippen LogP contribution is -2.42. The highest BCUT2D eigenvalue weighted by molar-refractivity contribution is 5.88. The third-order valence-electron chi connectivity index (χ3n) is 6.18. The summed E-state index contributed by atoms with van der Waals surface area (Å²) in [6.07, 6.45) is 4.11. The molecule has 2 heterocycles. The third kappa shape index (κ3) is 9.71. The second-order valence-corrected chi connectivity index (χ2v) is 9.57. The molecule has 42 heavy (non-hydrogen) atoms. The quantitative estimate of drug-likeness (QED) is 0.183. The van der Waals surface area contributed by atoms with Crippen LogP contribution < -0.4 is 0 Å². The van der Waals surface area contributed by atoms with Crippen molar-refractivity contribution in [2.75, 3.05) is 6.54 Å². The first-order valence-electron chi connectivity index (χ1n) is 12.8. The summed E-state index contributed by atoms with van der Waals surface area (Å²) >= 11 is 0. The molecule has 0 unspecified atom stereocenters. The molecule has 2 aromatic heterocycles. The van der Waals surface area contributed by atoms with Crippen LogP contribution in [0.15, 0.2) is 73.3 Å². The Labute approximate surface area is 239 Å². The topological polar surface area (TPSA) is 166 Å². The first kappa shape index (κ1) is 31.8. The summed E-state index contributed by atoms with van der Waals surface area (Å²) in [7, 11) is 0. The Balaban J connectivity index is 0.000000316. The number of hydrogen-bond acceptors (Lipinski definition) is 7. The van der Waals surface area contributed by atoms with Crippen molar-refractivity contribution in [3.8, 4) is 0 Å². The molecule has 4 N–H and O–H groups in total. The average molecular weight is 585 g/mol. The van der Waals surface area contributed by atoms with Crippen molar-refractivity contribution in [1.29, 1.82) is 0 Å². The lowest BCUT2D eigenvalue weighted by Gasteiger charge is -2.22. The first-order valence-corrected chi connectivity index (χ1v) is 12.8. The number of carbonyl (C=O) groups is 3. The van der Waals surface area contributed by atoms with Gasteiger partial charge in [0.05, 0.1) is 30.4 Å². The Morgan fingerprint density at radius 3 is 2.26 bits per heavy atom. The zero-order chi connectivity index (χ0) is 30.7. The zero-order valence-electron chi connectivity index (χ0n) is 22.4. The summed E-state index contributed by atoms with van der Waals surface area (Å²) in [6.45, 7) is 2.72. The van der Waals surface area contributed by atoms with Gasteiger partial charge < -0.3 is 25.0 Å². The SMILES string of the molecule is Fc1ccc2nc(CN(CCCn3ccnc3)Cc3ccccc3F)ccc2c1.O=C(O)CC(O)(CC(=O)O)C(=O)O. The van der Waals surface area contributed by atoms with E-state index in [-0.39, 0.29) is 11.6 Å². The summed E-state index contributed by atoms with van der Waals surface area (Å²) in [4.78, 5) is 41.4. The molecule has 0 amide bonds. The number of rotatable bonds is 13. The highest BCUT2D eigenvalue weighted by Gasteiger charge is 2.40. The van der Waals surface area contributed by atoms with Crippen LogP contribution in [0.4, 0.5) is 8.78 Å². The van der Waals surface area contributed by atoms with Gasteiger partial charge in [-0.05, 0) is 36.8 Å². The normalized spacial score (nSPS) is 11.2. The number of hydrogen-bond donors (Lipinski definition) is 4. The molecule has 13 heteroatoms. The second kappa shape index (κ2) is 14.8. The first-order chi connectivity index (χ1) is 19.9. The van der Waals surface area contributed by atoms with E-state index in [9.17, 15) is 23.2 Å². The van der Waals surface area contributed by atoms with Crippen molar-refractivity contribution >= 4 is 28.8 Å². The number of nitrogens with zero attached hydrogens (tertiary/aromatic N) is 4. The molecule has 222 valence electrons. The predicted molar refractivity (Wildman–Crippen MR) is 146 cm³/mol. The minimum atomic E-state index is -2.74. The van der Waals surface area contributed by atoms with Gasteiger partial charge in [-0.3, -0.25) is 19.5 Å². The molecular formula is C29H30F2N4O7. The number of benzene rings is 2. The van der Waals surface area contributed by atoms with Gasteiger partial charge in [-0.15, -0.1) is 0 Å². The molecule has 0 fully saturated rings. The van der Waals surface area contributed by atoms with Gasteiger partial charge in [0.25, 0.3) is 0 Å². The maximum absolute atomic E-state index is 14.2. The van der Waals surface area contributed by atoms with Gasteiger partial charge >= 0.3 is 17.9 Å². The summed E-state index contributed by atoms with van der Waals surface area (Å²) in [5, 5.41) is 34.6. The van der Waals surface area contributed by atoms with Crippen LogP contribution in [0.2, 0.25) is 0 Å². The van der Waals surface area contributed by atoms with Crippen molar-refractivity contribution in [2.24, 2.45) is 0 Å². The molecule has 4 aromatic rings. The number of imidazole rings is 1. The van der Waals surface area contributed by atoms with E-state index in [1.54, 1.807) is 24.7 Å². The Hall–Kier alpha value is -4.75. The van der Waals surface area contributed by atoms with E-state index < -0.39 is 36.4 Å². The number of halogens is 2. The maximum atomic E-state index is 14.2. The molecule has 0 atom stereocenters. The van der Waals surface area contributed by atoms with Gasteiger partial charge in [-0.25, -0.2) is 18.6 Å². The van der Waals surface area contributed by atoms with Crippen molar-refractivity contribution in [3.63, 3.8) is 0 Å². The zero-order valence-corrected chi connectivity index (χ0v) is 22.4. The number of carboxylic acid groups (broad SMARTS) is 3. The van der Waals surface area contributed by atoms with Gasteiger partial charge in [0.1, 0.15) is 11.6 Å². The molecule has 0 aliphatic carbocycles. The fourth-order valence-corrected chi connectivity index (χ4v) is 4.15. The van der Waals surface area contributed by atoms with Crippen LogP contribution in [-0.2, 0) is 34.0 Å². The highest BCUT2D eigenvalue weighted by atomic mass is 19.1. The van der Waals surface area contributed by atoms with Crippen LogP contribution in [0.25, 0.3) is 10.9 Å². The van der Waals surface area contributed by atoms with Crippen LogP contribution in [0, 0.1) is 11.6 Å². The number of aryl methyl sites for hydroxylation is 1. The third-order valence-corrected chi connectivity index (χ3v) is 6.18. The number of carboxylic acids is 3. The van der Waals surface area contributed by atoms with E-state index in [1.807, 2.05) is 35.0 Å². The van der Waals surface area contributed by atoms with E-state index in [1.165, 1.54) is 18.2 Å². The van der Waals surface area contributed by atoms with Gasteiger partial charge in [-0.1, -0.05) is 24.3 Å². The Bertz CT molecular complexity index is 1500. The lowest BCUT2D eigenvalue weighted by atomic mass is 9.96. The van der Waals surface area contributed by atoms with Crippen LogP contribution in [0.5, 0.6) is 0 Å².